The maximum atomic E-state index is 13.0. The second kappa shape index (κ2) is 9.88. The molecule has 2 heterocycles. The summed E-state index contributed by atoms with van der Waals surface area (Å²) >= 11 is 1.29. The highest BCUT2D eigenvalue weighted by Gasteiger charge is 2.23. The quantitative estimate of drug-likeness (QED) is 0.285. The number of amides is 1. The lowest BCUT2D eigenvalue weighted by molar-refractivity contribution is -0.112. The minimum atomic E-state index is -0.565. The molecule has 0 aliphatic rings. The summed E-state index contributed by atoms with van der Waals surface area (Å²) in [5.41, 5.74) is 5.93. The van der Waals surface area contributed by atoms with Gasteiger partial charge in [-0.15, -0.1) is 11.3 Å². The minimum absolute atomic E-state index is 0.0435. The number of nitrogens with one attached hydrogen (secondary N) is 1. The van der Waals surface area contributed by atoms with Crippen LogP contribution in [-0.2, 0) is 9.53 Å². The van der Waals surface area contributed by atoms with E-state index in [-0.39, 0.29) is 12.2 Å². The number of thiophene rings is 1. The fraction of sp³-hybridized carbons (Fsp3) is 0.269. The van der Waals surface area contributed by atoms with E-state index in [1.54, 1.807) is 13.0 Å². The third kappa shape index (κ3) is 4.91. The SMILES string of the molecule is CCOC(=O)c1c(NC(=O)/C(C#N)=C\c2cc(C)n(-c3cccc(C)c3)c2C)sc(C)c1C. The Morgan fingerprint density at radius 1 is 1.18 bits per heavy atom. The predicted octanol–water partition coefficient (Wildman–Crippen LogP) is 5.80. The lowest BCUT2D eigenvalue weighted by Gasteiger charge is -2.10. The molecule has 0 saturated heterocycles. The van der Waals surface area contributed by atoms with Crippen molar-refractivity contribution in [3.63, 3.8) is 0 Å². The van der Waals surface area contributed by atoms with Crippen molar-refractivity contribution >= 4 is 34.3 Å². The summed E-state index contributed by atoms with van der Waals surface area (Å²) in [6, 6.07) is 12.1. The minimum Gasteiger partial charge on any atom is -0.462 e. The Morgan fingerprint density at radius 3 is 2.55 bits per heavy atom. The van der Waals surface area contributed by atoms with Crippen LogP contribution in [0.5, 0.6) is 0 Å². The Kier molecular flexibility index (Phi) is 7.19. The third-order valence-electron chi connectivity index (χ3n) is 5.49. The van der Waals surface area contributed by atoms with Gasteiger partial charge in [-0.3, -0.25) is 4.79 Å². The van der Waals surface area contributed by atoms with Crippen molar-refractivity contribution in [3.05, 3.63) is 74.4 Å². The molecule has 3 aromatic rings. The van der Waals surface area contributed by atoms with Crippen LogP contribution in [0.4, 0.5) is 5.00 Å². The number of carbonyl (C=O) groups is 2. The molecule has 0 saturated carbocycles. The first-order valence-electron chi connectivity index (χ1n) is 10.6. The van der Waals surface area contributed by atoms with Crippen molar-refractivity contribution in [2.45, 2.75) is 41.5 Å². The fourth-order valence-electron chi connectivity index (χ4n) is 3.74. The highest BCUT2D eigenvalue weighted by molar-refractivity contribution is 7.16. The van der Waals surface area contributed by atoms with Gasteiger partial charge in [0.25, 0.3) is 5.91 Å². The summed E-state index contributed by atoms with van der Waals surface area (Å²) in [5, 5.41) is 12.8. The van der Waals surface area contributed by atoms with E-state index in [0.717, 1.165) is 38.6 Å². The number of ether oxygens (including phenoxy) is 1. The normalized spacial score (nSPS) is 11.2. The van der Waals surface area contributed by atoms with E-state index in [1.165, 1.54) is 11.3 Å². The Bertz CT molecular complexity index is 1310. The van der Waals surface area contributed by atoms with Crippen molar-refractivity contribution in [2.24, 2.45) is 0 Å². The molecule has 1 aromatic carbocycles. The van der Waals surface area contributed by atoms with Crippen molar-refractivity contribution < 1.29 is 14.3 Å². The Hall–Kier alpha value is -3.63. The molecule has 0 atom stereocenters. The van der Waals surface area contributed by atoms with Crippen LogP contribution in [0.15, 0.2) is 35.9 Å². The average molecular weight is 462 g/mol. The van der Waals surface area contributed by atoms with Gasteiger partial charge >= 0.3 is 5.97 Å². The summed E-state index contributed by atoms with van der Waals surface area (Å²) in [4.78, 5) is 26.3. The van der Waals surface area contributed by atoms with Gasteiger partial charge in [0.2, 0.25) is 0 Å². The van der Waals surface area contributed by atoms with Crippen LogP contribution in [0.2, 0.25) is 0 Å². The number of hydrogen-bond donors (Lipinski definition) is 1. The van der Waals surface area contributed by atoms with Crippen LogP contribution in [0.25, 0.3) is 11.8 Å². The van der Waals surface area contributed by atoms with Crippen molar-refractivity contribution in [1.29, 1.82) is 5.26 Å². The lowest BCUT2D eigenvalue weighted by Crippen LogP contribution is -2.16. The average Bonchev–Trinajstić information content (AvgIpc) is 3.20. The molecule has 1 amide bonds. The molecule has 170 valence electrons. The molecular weight excluding hydrogens is 434 g/mol. The number of hydrogen-bond acceptors (Lipinski definition) is 5. The molecule has 0 unspecified atom stereocenters. The zero-order valence-electron chi connectivity index (χ0n) is 19.7. The molecule has 0 radical (unpaired) electrons. The fourth-order valence-corrected chi connectivity index (χ4v) is 4.78. The maximum absolute atomic E-state index is 13.0. The molecule has 0 aliphatic carbocycles. The highest BCUT2D eigenvalue weighted by atomic mass is 32.1. The van der Waals surface area contributed by atoms with E-state index in [0.29, 0.717) is 10.6 Å². The maximum Gasteiger partial charge on any atom is 0.341 e. The van der Waals surface area contributed by atoms with Crippen LogP contribution in [0.1, 0.15) is 50.2 Å². The molecule has 33 heavy (non-hydrogen) atoms. The third-order valence-corrected chi connectivity index (χ3v) is 6.61. The number of rotatable bonds is 6. The number of esters is 1. The number of benzene rings is 1. The summed E-state index contributed by atoms with van der Waals surface area (Å²) in [6.45, 7) is 11.6. The smallest absolute Gasteiger partial charge is 0.341 e. The van der Waals surface area contributed by atoms with Crippen LogP contribution in [-0.4, -0.2) is 23.1 Å². The second-order valence-electron chi connectivity index (χ2n) is 7.83. The van der Waals surface area contributed by atoms with Crippen LogP contribution in [0, 0.1) is 45.9 Å². The molecule has 2 aromatic heterocycles. The molecule has 0 bridgehead atoms. The summed E-state index contributed by atoms with van der Waals surface area (Å²) in [6.07, 6.45) is 1.58. The number of anilines is 1. The van der Waals surface area contributed by atoms with E-state index in [1.807, 2.05) is 65.0 Å². The number of aromatic nitrogens is 1. The van der Waals surface area contributed by atoms with Gasteiger partial charge in [0, 0.05) is 22.0 Å². The van der Waals surface area contributed by atoms with Crippen molar-refractivity contribution in [2.75, 3.05) is 11.9 Å². The van der Waals surface area contributed by atoms with Crippen LogP contribution in [0.3, 0.4) is 0 Å². The number of nitrogens with zero attached hydrogens (tertiary/aromatic N) is 2. The van der Waals surface area contributed by atoms with Gasteiger partial charge in [0.05, 0.1) is 12.2 Å². The predicted molar refractivity (Wildman–Crippen MR) is 132 cm³/mol. The van der Waals surface area contributed by atoms with Gasteiger partial charge in [0.15, 0.2) is 0 Å². The first-order chi connectivity index (χ1) is 15.7. The topological polar surface area (TPSA) is 84.1 Å². The largest absolute Gasteiger partial charge is 0.462 e. The molecule has 3 rings (SSSR count). The zero-order valence-corrected chi connectivity index (χ0v) is 20.5. The summed E-state index contributed by atoms with van der Waals surface area (Å²) < 4.78 is 7.24. The van der Waals surface area contributed by atoms with E-state index in [4.69, 9.17) is 4.74 Å². The molecule has 6 nitrogen and oxygen atoms in total. The first-order valence-corrected chi connectivity index (χ1v) is 11.5. The van der Waals surface area contributed by atoms with Crippen LogP contribution >= 0.6 is 11.3 Å². The van der Waals surface area contributed by atoms with E-state index < -0.39 is 11.9 Å². The highest BCUT2D eigenvalue weighted by Crippen LogP contribution is 2.33. The standard InChI is InChI=1S/C26H27N3O3S/c1-7-32-26(31)23-17(4)19(6)33-25(23)28-24(30)21(14-27)13-20-12-16(3)29(18(20)5)22-10-8-9-15(2)11-22/h8-13H,7H2,1-6H3,(H,28,30)/b21-13-. The Balaban J connectivity index is 1.95. The Labute approximate surface area is 198 Å². The molecule has 0 fully saturated rings. The number of nitriles is 1. The van der Waals surface area contributed by atoms with E-state index >= 15 is 0 Å². The van der Waals surface area contributed by atoms with Gasteiger partial charge in [-0.05, 0) is 82.5 Å². The van der Waals surface area contributed by atoms with Crippen LogP contribution < -0.4 is 5.32 Å². The Morgan fingerprint density at radius 2 is 1.91 bits per heavy atom. The molecular formula is C26H27N3O3S. The number of carbonyl (C=O) groups excluding carboxylic acids is 2. The molecule has 1 N–H and O–H groups in total. The zero-order chi connectivity index (χ0) is 24.3. The summed E-state index contributed by atoms with van der Waals surface area (Å²) in [7, 11) is 0. The molecule has 0 aliphatic heterocycles. The lowest BCUT2D eigenvalue weighted by atomic mass is 10.1. The van der Waals surface area contributed by atoms with Gasteiger partial charge < -0.3 is 14.6 Å². The second-order valence-corrected chi connectivity index (χ2v) is 9.06. The monoisotopic (exact) mass is 461 g/mol. The van der Waals surface area contributed by atoms with E-state index in [9.17, 15) is 14.9 Å². The van der Waals surface area contributed by atoms with Crippen molar-refractivity contribution in [1.82, 2.24) is 4.57 Å². The summed E-state index contributed by atoms with van der Waals surface area (Å²) in [5.74, 6) is -1.05. The van der Waals surface area contributed by atoms with E-state index in [2.05, 4.69) is 16.0 Å². The van der Waals surface area contributed by atoms with Gasteiger partial charge in [-0.1, -0.05) is 12.1 Å². The first kappa shape index (κ1) is 24.0. The van der Waals surface area contributed by atoms with Gasteiger partial charge in [-0.2, -0.15) is 5.26 Å². The molecule has 7 heteroatoms. The van der Waals surface area contributed by atoms with Gasteiger partial charge in [0.1, 0.15) is 16.6 Å². The van der Waals surface area contributed by atoms with Gasteiger partial charge in [-0.25, -0.2) is 4.79 Å². The molecule has 0 spiro atoms. The van der Waals surface area contributed by atoms with Crippen molar-refractivity contribution in [3.8, 4) is 11.8 Å². The number of aryl methyl sites for hydroxylation is 3.